The standard InChI is InChI=1S/C13H23N3O2S/c1-5-13(3,4)16-19(17,18)12-8-7-11(10-15-12)9-14-6-2/h7-8,10,14,16H,5-6,9H2,1-4H3. The molecule has 0 saturated carbocycles. The molecule has 0 aliphatic heterocycles. The molecule has 2 N–H and O–H groups in total. The maximum atomic E-state index is 12.1. The predicted molar refractivity (Wildman–Crippen MR) is 76.3 cm³/mol. The number of aromatic nitrogens is 1. The summed E-state index contributed by atoms with van der Waals surface area (Å²) >= 11 is 0. The largest absolute Gasteiger partial charge is 0.313 e. The van der Waals surface area contributed by atoms with Gasteiger partial charge in [0.15, 0.2) is 5.03 Å². The quantitative estimate of drug-likeness (QED) is 0.799. The first-order valence-corrected chi connectivity index (χ1v) is 7.98. The molecule has 1 rings (SSSR count). The van der Waals surface area contributed by atoms with Crippen LogP contribution in [0.5, 0.6) is 0 Å². The molecule has 0 amide bonds. The van der Waals surface area contributed by atoms with E-state index in [1.807, 2.05) is 27.7 Å². The lowest BCUT2D eigenvalue weighted by atomic mass is 10.0. The Hall–Kier alpha value is -0.980. The molecule has 0 radical (unpaired) electrons. The van der Waals surface area contributed by atoms with Crippen molar-refractivity contribution in [1.82, 2.24) is 15.0 Å². The predicted octanol–water partition coefficient (Wildman–Crippen LogP) is 1.66. The van der Waals surface area contributed by atoms with Crippen molar-refractivity contribution in [1.29, 1.82) is 0 Å². The van der Waals surface area contributed by atoms with Crippen LogP contribution in [0.2, 0.25) is 0 Å². The zero-order valence-corrected chi connectivity index (χ0v) is 12.8. The van der Waals surface area contributed by atoms with Crippen molar-refractivity contribution in [3.05, 3.63) is 23.9 Å². The molecule has 0 aliphatic rings. The van der Waals surface area contributed by atoms with Crippen LogP contribution < -0.4 is 10.0 Å². The van der Waals surface area contributed by atoms with Crippen LogP contribution in [0.3, 0.4) is 0 Å². The lowest BCUT2D eigenvalue weighted by molar-refractivity contribution is 0.438. The number of nitrogens with zero attached hydrogens (tertiary/aromatic N) is 1. The third-order valence-corrected chi connectivity index (χ3v) is 4.56. The van der Waals surface area contributed by atoms with E-state index in [4.69, 9.17) is 0 Å². The Labute approximate surface area is 115 Å². The molecule has 0 unspecified atom stereocenters. The first-order chi connectivity index (χ1) is 8.80. The molecular formula is C13H23N3O2S. The van der Waals surface area contributed by atoms with Gasteiger partial charge < -0.3 is 5.32 Å². The molecule has 0 aromatic carbocycles. The molecule has 0 saturated heterocycles. The molecule has 0 spiro atoms. The van der Waals surface area contributed by atoms with E-state index in [1.165, 1.54) is 0 Å². The van der Waals surface area contributed by atoms with Crippen molar-refractivity contribution in [2.45, 2.75) is 51.2 Å². The van der Waals surface area contributed by atoms with Gasteiger partial charge in [0.25, 0.3) is 10.0 Å². The maximum absolute atomic E-state index is 12.1. The van der Waals surface area contributed by atoms with Crippen LogP contribution in [0.1, 0.15) is 39.7 Å². The minimum Gasteiger partial charge on any atom is -0.313 e. The topological polar surface area (TPSA) is 71.1 Å². The molecule has 0 atom stereocenters. The normalized spacial score (nSPS) is 12.6. The Balaban J connectivity index is 2.85. The Bertz CT molecular complexity index is 495. The molecule has 0 bridgehead atoms. The van der Waals surface area contributed by atoms with Crippen molar-refractivity contribution >= 4 is 10.0 Å². The molecule has 0 fully saturated rings. The number of hydrogen-bond donors (Lipinski definition) is 2. The van der Waals surface area contributed by atoms with E-state index in [0.717, 1.165) is 12.1 Å². The van der Waals surface area contributed by atoms with Gasteiger partial charge in [0, 0.05) is 18.3 Å². The number of nitrogens with one attached hydrogen (secondary N) is 2. The molecule has 1 heterocycles. The van der Waals surface area contributed by atoms with Crippen molar-refractivity contribution in [3.63, 3.8) is 0 Å². The molecule has 19 heavy (non-hydrogen) atoms. The van der Waals surface area contributed by atoms with Gasteiger partial charge in [-0.3, -0.25) is 0 Å². The summed E-state index contributed by atoms with van der Waals surface area (Å²) in [6, 6.07) is 3.32. The minimum atomic E-state index is -3.55. The zero-order chi connectivity index (χ0) is 14.5. The highest BCUT2D eigenvalue weighted by Gasteiger charge is 2.25. The van der Waals surface area contributed by atoms with Gasteiger partial charge in [0.2, 0.25) is 0 Å². The fourth-order valence-electron chi connectivity index (χ4n) is 1.43. The summed E-state index contributed by atoms with van der Waals surface area (Å²) in [5.41, 5.74) is 0.499. The highest BCUT2D eigenvalue weighted by molar-refractivity contribution is 7.89. The van der Waals surface area contributed by atoms with E-state index >= 15 is 0 Å². The maximum Gasteiger partial charge on any atom is 0.258 e. The smallest absolute Gasteiger partial charge is 0.258 e. The molecule has 6 heteroatoms. The lowest BCUT2D eigenvalue weighted by Gasteiger charge is -2.23. The van der Waals surface area contributed by atoms with Crippen LogP contribution in [0.15, 0.2) is 23.4 Å². The molecule has 1 aromatic heterocycles. The molecule has 108 valence electrons. The Morgan fingerprint density at radius 1 is 1.26 bits per heavy atom. The van der Waals surface area contributed by atoms with E-state index in [9.17, 15) is 8.42 Å². The van der Waals surface area contributed by atoms with E-state index in [1.54, 1.807) is 18.3 Å². The number of pyridine rings is 1. The second-order valence-corrected chi connectivity index (χ2v) is 6.76. The van der Waals surface area contributed by atoms with Gasteiger partial charge in [-0.25, -0.2) is 18.1 Å². The average molecular weight is 285 g/mol. The third-order valence-electron chi connectivity index (χ3n) is 2.95. The zero-order valence-electron chi connectivity index (χ0n) is 12.0. The number of hydrogen-bond acceptors (Lipinski definition) is 4. The molecular weight excluding hydrogens is 262 g/mol. The van der Waals surface area contributed by atoms with Crippen molar-refractivity contribution in [3.8, 4) is 0 Å². The number of rotatable bonds is 7. The van der Waals surface area contributed by atoms with Crippen LogP contribution in [-0.2, 0) is 16.6 Å². The van der Waals surface area contributed by atoms with Crippen LogP contribution in [0.4, 0.5) is 0 Å². The Kier molecular flexibility index (Phi) is 5.46. The second-order valence-electron chi connectivity index (χ2n) is 5.13. The van der Waals surface area contributed by atoms with Crippen LogP contribution in [0, 0.1) is 0 Å². The summed E-state index contributed by atoms with van der Waals surface area (Å²) < 4.78 is 26.9. The van der Waals surface area contributed by atoms with E-state index in [2.05, 4.69) is 15.0 Å². The summed E-state index contributed by atoms with van der Waals surface area (Å²) in [7, 11) is -3.55. The number of sulfonamides is 1. The van der Waals surface area contributed by atoms with Gasteiger partial charge in [0.05, 0.1) is 0 Å². The second kappa shape index (κ2) is 6.45. The van der Waals surface area contributed by atoms with E-state index in [-0.39, 0.29) is 5.03 Å². The summed E-state index contributed by atoms with van der Waals surface area (Å²) in [6.45, 7) is 9.22. The van der Waals surface area contributed by atoms with Gasteiger partial charge in [0.1, 0.15) is 0 Å². The first-order valence-electron chi connectivity index (χ1n) is 6.50. The van der Waals surface area contributed by atoms with Gasteiger partial charge in [-0.15, -0.1) is 0 Å². The van der Waals surface area contributed by atoms with Crippen LogP contribution >= 0.6 is 0 Å². The summed E-state index contributed by atoms with van der Waals surface area (Å²) in [5, 5.41) is 3.23. The van der Waals surface area contributed by atoms with Gasteiger partial charge >= 0.3 is 0 Å². The highest BCUT2D eigenvalue weighted by atomic mass is 32.2. The molecule has 1 aromatic rings. The summed E-state index contributed by atoms with van der Waals surface area (Å²) in [6.07, 6.45) is 2.31. The molecule has 5 nitrogen and oxygen atoms in total. The first kappa shape index (κ1) is 16.1. The molecule has 0 aliphatic carbocycles. The van der Waals surface area contributed by atoms with Crippen LogP contribution in [0.25, 0.3) is 0 Å². The van der Waals surface area contributed by atoms with Crippen molar-refractivity contribution in [2.75, 3.05) is 6.54 Å². The van der Waals surface area contributed by atoms with Gasteiger partial charge in [-0.1, -0.05) is 19.9 Å². The van der Waals surface area contributed by atoms with Crippen molar-refractivity contribution < 1.29 is 8.42 Å². The third kappa shape index (κ3) is 4.89. The Morgan fingerprint density at radius 2 is 1.95 bits per heavy atom. The summed E-state index contributed by atoms with van der Waals surface area (Å²) in [5.74, 6) is 0. The van der Waals surface area contributed by atoms with Gasteiger partial charge in [-0.2, -0.15) is 0 Å². The SMILES string of the molecule is CCNCc1ccc(S(=O)(=O)NC(C)(C)CC)nc1. The minimum absolute atomic E-state index is 0.0641. The monoisotopic (exact) mass is 285 g/mol. The van der Waals surface area contributed by atoms with E-state index < -0.39 is 15.6 Å². The van der Waals surface area contributed by atoms with Gasteiger partial charge in [-0.05, 0) is 38.4 Å². The summed E-state index contributed by atoms with van der Waals surface area (Å²) in [4.78, 5) is 4.03. The lowest BCUT2D eigenvalue weighted by Crippen LogP contribution is -2.42. The fraction of sp³-hybridized carbons (Fsp3) is 0.615. The average Bonchev–Trinajstić information content (AvgIpc) is 2.35. The fourth-order valence-corrected chi connectivity index (χ4v) is 2.85. The van der Waals surface area contributed by atoms with E-state index in [0.29, 0.717) is 13.0 Å². The Morgan fingerprint density at radius 3 is 2.42 bits per heavy atom. The van der Waals surface area contributed by atoms with Crippen molar-refractivity contribution in [2.24, 2.45) is 0 Å². The highest BCUT2D eigenvalue weighted by Crippen LogP contribution is 2.14. The van der Waals surface area contributed by atoms with Crippen LogP contribution in [-0.4, -0.2) is 25.5 Å².